The smallest absolute Gasteiger partial charge is 0.164 e. The fourth-order valence-corrected chi connectivity index (χ4v) is 3.45. The average Bonchev–Trinajstić information content (AvgIpc) is 2.70. The Hall–Kier alpha value is -2.86. The van der Waals surface area contributed by atoms with Crippen LogP contribution in [-0.2, 0) is 24.2 Å². The summed E-state index contributed by atoms with van der Waals surface area (Å²) in [5.74, 6) is -1.27. The number of ketones is 1. The minimum atomic E-state index is -1.17. The van der Waals surface area contributed by atoms with Gasteiger partial charge in [-0.1, -0.05) is 29.8 Å². The highest BCUT2D eigenvalue weighted by molar-refractivity contribution is 6.00. The summed E-state index contributed by atoms with van der Waals surface area (Å²) in [5.41, 5.74) is 13.8. The summed E-state index contributed by atoms with van der Waals surface area (Å²) in [7, 11) is 0. The number of carbonyl (C=O) groups is 1. The zero-order chi connectivity index (χ0) is 20.3. The van der Waals surface area contributed by atoms with Crippen molar-refractivity contribution in [2.45, 2.75) is 38.3 Å². The summed E-state index contributed by atoms with van der Waals surface area (Å²) in [6, 6.07) is 11.1. The second-order valence-corrected chi connectivity index (χ2v) is 7.36. The van der Waals surface area contributed by atoms with Gasteiger partial charge < -0.3 is 11.5 Å². The topological polar surface area (TPSA) is 81.5 Å². The Labute approximate surface area is 163 Å². The molecule has 2 aromatic carbocycles. The number of benzene rings is 2. The van der Waals surface area contributed by atoms with Crippen LogP contribution in [0.1, 0.15) is 30.0 Å². The maximum Gasteiger partial charge on any atom is 0.164 e. The number of aliphatic imine (C=N–C) groups is 1. The molecule has 4 nitrogen and oxygen atoms in total. The van der Waals surface area contributed by atoms with Crippen LogP contribution in [0.2, 0.25) is 0 Å². The number of halogens is 2. The Balaban J connectivity index is 1.79. The molecule has 146 valence electrons. The molecule has 28 heavy (non-hydrogen) atoms. The molecule has 1 aliphatic rings. The van der Waals surface area contributed by atoms with Gasteiger partial charge in [-0.15, -0.1) is 0 Å². The van der Waals surface area contributed by atoms with Crippen molar-refractivity contribution in [2.75, 3.05) is 0 Å². The lowest BCUT2D eigenvalue weighted by atomic mass is 9.85. The van der Waals surface area contributed by atoms with Gasteiger partial charge >= 0.3 is 0 Å². The monoisotopic (exact) mass is 383 g/mol. The van der Waals surface area contributed by atoms with E-state index in [1.165, 1.54) is 12.1 Å². The van der Waals surface area contributed by atoms with Gasteiger partial charge in [-0.2, -0.15) is 0 Å². The van der Waals surface area contributed by atoms with Crippen LogP contribution in [0, 0.1) is 11.6 Å². The summed E-state index contributed by atoms with van der Waals surface area (Å²) < 4.78 is 27.0. The molecule has 0 saturated heterocycles. The van der Waals surface area contributed by atoms with Gasteiger partial charge in [-0.25, -0.2) is 8.78 Å². The Morgan fingerprint density at radius 1 is 1.04 bits per heavy atom. The molecule has 0 fully saturated rings. The fourth-order valence-electron chi connectivity index (χ4n) is 3.45. The molecule has 1 aliphatic heterocycles. The highest BCUT2D eigenvalue weighted by Crippen LogP contribution is 2.27. The highest BCUT2D eigenvalue weighted by Gasteiger charge is 2.35. The van der Waals surface area contributed by atoms with E-state index < -0.39 is 17.2 Å². The third-order valence-electron chi connectivity index (χ3n) is 4.88. The first-order chi connectivity index (χ1) is 13.3. The highest BCUT2D eigenvalue weighted by atomic mass is 19.1. The number of allylic oxidation sites excluding steroid dienone is 1. The minimum absolute atomic E-state index is 0.0769. The first kappa shape index (κ1) is 19.9. The molecule has 0 aromatic heterocycles. The minimum Gasteiger partial charge on any atom is -0.384 e. The summed E-state index contributed by atoms with van der Waals surface area (Å²) in [5, 5.41) is 0. The van der Waals surface area contributed by atoms with Gasteiger partial charge in [0.25, 0.3) is 0 Å². The standard InChI is InChI=1S/C22H23F2N3O/c1-22(12-17-7-18(23)11-19(24)8-17)20(28)9-16(10-21(26)27-22)6-14-2-4-15(13-25)5-3-14/h2-5,7-8,10-11H,6,9,12-13,25H2,1H3,(H2,26,27)/t22-/m1/s1. The number of nitrogens with zero attached hydrogens (tertiary/aromatic N) is 1. The van der Waals surface area contributed by atoms with E-state index >= 15 is 0 Å². The Morgan fingerprint density at radius 3 is 2.25 bits per heavy atom. The lowest BCUT2D eigenvalue weighted by molar-refractivity contribution is -0.122. The lowest BCUT2D eigenvalue weighted by Gasteiger charge is -2.23. The van der Waals surface area contributed by atoms with Crippen LogP contribution in [0.4, 0.5) is 8.78 Å². The number of hydrogen-bond donors (Lipinski definition) is 2. The second-order valence-electron chi connectivity index (χ2n) is 7.36. The van der Waals surface area contributed by atoms with Crippen LogP contribution >= 0.6 is 0 Å². The van der Waals surface area contributed by atoms with Crippen molar-refractivity contribution in [3.63, 3.8) is 0 Å². The Bertz CT molecular complexity index is 931. The van der Waals surface area contributed by atoms with E-state index in [-0.39, 0.29) is 24.5 Å². The first-order valence-corrected chi connectivity index (χ1v) is 9.08. The summed E-state index contributed by atoms with van der Waals surface area (Å²) >= 11 is 0. The molecule has 0 aliphatic carbocycles. The van der Waals surface area contributed by atoms with Crippen LogP contribution in [0.5, 0.6) is 0 Å². The molecule has 4 N–H and O–H groups in total. The fraction of sp³-hybridized carbons (Fsp3) is 0.273. The molecule has 0 saturated carbocycles. The maximum atomic E-state index is 13.5. The molecule has 0 radical (unpaired) electrons. The predicted octanol–water partition coefficient (Wildman–Crippen LogP) is 3.22. The molecule has 3 rings (SSSR count). The lowest BCUT2D eigenvalue weighted by Crippen LogP contribution is -2.37. The summed E-state index contributed by atoms with van der Waals surface area (Å²) in [4.78, 5) is 17.3. The van der Waals surface area contributed by atoms with E-state index in [4.69, 9.17) is 11.5 Å². The van der Waals surface area contributed by atoms with E-state index in [1.54, 1.807) is 13.0 Å². The summed E-state index contributed by atoms with van der Waals surface area (Å²) in [6.07, 6.45) is 2.54. The van der Waals surface area contributed by atoms with Crippen molar-refractivity contribution in [1.82, 2.24) is 0 Å². The molecule has 0 spiro atoms. The SMILES string of the molecule is C[C@]1(Cc2cc(F)cc(F)c2)N=C(N)C=C(Cc2ccc(CN)cc2)CC1=O. The van der Waals surface area contributed by atoms with Gasteiger partial charge in [0.2, 0.25) is 0 Å². The molecule has 0 amide bonds. The largest absolute Gasteiger partial charge is 0.384 e. The quantitative estimate of drug-likeness (QED) is 0.832. The molecule has 1 atom stereocenters. The number of carbonyl (C=O) groups excluding carboxylic acids is 1. The zero-order valence-electron chi connectivity index (χ0n) is 15.7. The molecule has 0 unspecified atom stereocenters. The third-order valence-corrected chi connectivity index (χ3v) is 4.88. The Morgan fingerprint density at radius 2 is 1.64 bits per heavy atom. The van der Waals surface area contributed by atoms with Gasteiger partial charge in [-0.05, 0) is 48.2 Å². The maximum absolute atomic E-state index is 13.5. The van der Waals surface area contributed by atoms with Crippen molar-refractivity contribution in [3.8, 4) is 0 Å². The molecular formula is C22H23F2N3O. The van der Waals surface area contributed by atoms with Crippen LogP contribution in [0.15, 0.2) is 59.1 Å². The van der Waals surface area contributed by atoms with E-state index in [9.17, 15) is 13.6 Å². The van der Waals surface area contributed by atoms with Crippen molar-refractivity contribution < 1.29 is 13.6 Å². The average molecular weight is 383 g/mol. The number of hydrogen-bond acceptors (Lipinski definition) is 4. The number of nitrogens with two attached hydrogens (primary N) is 2. The van der Waals surface area contributed by atoms with Crippen LogP contribution in [0.25, 0.3) is 0 Å². The van der Waals surface area contributed by atoms with Crippen molar-refractivity contribution in [1.29, 1.82) is 0 Å². The zero-order valence-corrected chi connectivity index (χ0v) is 15.7. The van der Waals surface area contributed by atoms with Gasteiger partial charge in [0.05, 0.1) is 0 Å². The van der Waals surface area contributed by atoms with Crippen LogP contribution in [-0.4, -0.2) is 17.2 Å². The van der Waals surface area contributed by atoms with Crippen LogP contribution in [0.3, 0.4) is 0 Å². The van der Waals surface area contributed by atoms with Gasteiger partial charge in [-0.3, -0.25) is 9.79 Å². The third kappa shape index (κ3) is 4.70. The van der Waals surface area contributed by atoms with E-state index in [0.29, 0.717) is 18.5 Å². The van der Waals surface area contributed by atoms with E-state index in [2.05, 4.69) is 4.99 Å². The molecule has 0 bridgehead atoms. The molecule has 1 heterocycles. The second kappa shape index (κ2) is 8.02. The normalized spacial score (nSPS) is 19.8. The van der Waals surface area contributed by atoms with Crippen molar-refractivity contribution in [2.24, 2.45) is 16.5 Å². The molecule has 2 aromatic rings. The van der Waals surface area contributed by atoms with Gasteiger partial charge in [0.15, 0.2) is 5.78 Å². The number of rotatable bonds is 5. The predicted molar refractivity (Wildman–Crippen MR) is 106 cm³/mol. The molecule has 6 heteroatoms. The summed E-state index contributed by atoms with van der Waals surface area (Å²) in [6.45, 7) is 2.12. The van der Waals surface area contributed by atoms with E-state index in [1.807, 2.05) is 24.3 Å². The van der Waals surface area contributed by atoms with Gasteiger partial charge in [0.1, 0.15) is 23.0 Å². The van der Waals surface area contributed by atoms with Crippen molar-refractivity contribution in [3.05, 3.63) is 82.4 Å². The van der Waals surface area contributed by atoms with Crippen LogP contribution < -0.4 is 11.5 Å². The number of amidine groups is 1. The van der Waals surface area contributed by atoms with Crippen molar-refractivity contribution >= 4 is 11.6 Å². The van der Waals surface area contributed by atoms with Gasteiger partial charge in [0, 0.05) is 25.5 Å². The first-order valence-electron chi connectivity index (χ1n) is 9.08. The molecular weight excluding hydrogens is 360 g/mol. The van der Waals surface area contributed by atoms with E-state index in [0.717, 1.165) is 22.8 Å². The number of Topliss-reactive ketones (excluding diaryl/α,β-unsaturated/α-hetero) is 1. The Kier molecular flexibility index (Phi) is 5.70.